The van der Waals surface area contributed by atoms with Crippen LogP contribution in [0.15, 0.2) is 11.0 Å². The molecule has 0 spiro atoms. The summed E-state index contributed by atoms with van der Waals surface area (Å²) in [5, 5.41) is 16.7. The van der Waals surface area contributed by atoms with E-state index in [1.165, 1.54) is 4.68 Å². The third-order valence-electron chi connectivity index (χ3n) is 3.56. The van der Waals surface area contributed by atoms with Gasteiger partial charge in [-0.3, -0.25) is 4.79 Å². The number of aliphatic hydroxyl groups is 1. The molecule has 0 amide bonds. The quantitative estimate of drug-likeness (QED) is 0.872. The third kappa shape index (κ3) is 2.67. The van der Waals surface area contributed by atoms with Crippen LogP contribution in [0.3, 0.4) is 0 Å². The molecule has 2 N–H and O–H groups in total. The molecule has 2 unspecified atom stereocenters. The molecule has 1 aromatic heterocycles. The zero-order valence-electron chi connectivity index (χ0n) is 10.4. The van der Waals surface area contributed by atoms with E-state index < -0.39 is 0 Å². The summed E-state index contributed by atoms with van der Waals surface area (Å²) in [5.41, 5.74) is 0.253. The van der Waals surface area contributed by atoms with Gasteiger partial charge in [-0.05, 0) is 12.8 Å². The van der Waals surface area contributed by atoms with Gasteiger partial charge in [0, 0.05) is 25.6 Å². The minimum atomic E-state index is -0.307. The summed E-state index contributed by atoms with van der Waals surface area (Å²) >= 11 is 6.01. The Morgan fingerprint density at radius 3 is 3.00 bits per heavy atom. The topological polar surface area (TPSA) is 67.2 Å². The van der Waals surface area contributed by atoms with E-state index in [1.54, 1.807) is 13.2 Å². The summed E-state index contributed by atoms with van der Waals surface area (Å²) in [4.78, 5) is 11.7. The molecule has 0 saturated heterocycles. The Bertz CT molecular complexity index is 475. The standard InChI is InChI=1S/C12H18ClN3O2/c1-16-12(18)11(13)10(6-14-16)15-9-5-3-2-4-8(9)7-17/h6,8-9,15,17H,2-5,7H2,1H3. The number of aryl methyl sites for hydroxylation is 1. The lowest BCUT2D eigenvalue weighted by Crippen LogP contribution is -2.35. The highest BCUT2D eigenvalue weighted by Gasteiger charge is 2.25. The average molecular weight is 272 g/mol. The highest BCUT2D eigenvalue weighted by atomic mass is 35.5. The summed E-state index contributed by atoms with van der Waals surface area (Å²) in [6.07, 6.45) is 5.82. The van der Waals surface area contributed by atoms with Crippen LogP contribution in [0.4, 0.5) is 5.69 Å². The van der Waals surface area contributed by atoms with Crippen molar-refractivity contribution in [2.24, 2.45) is 13.0 Å². The Balaban J connectivity index is 2.18. The molecule has 100 valence electrons. The lowest BCUT2D eigenvalue weighted by atomic mass is 9.85. The molecule has 1 aliphatic carbocycles. The van der Waals surface area contributed by atoms with Gasteiger partial charge in [-0.2, -0.15) is 5.10 Å². The molecule has 1 fully saturated rings. The normalized spacial score (nSPS) is 23.9. The number of halogens is 1. The van der Waals surface area contributed by atoms with Crippen molar-refractivity contribution < 1.29 is 5.11 Å². The molecule has 2 atom stereocenters. The van der Waals surface area contributed by atoms with Crippen molar-refractivity contribution in [2.45, 2.75) is 31.7 Å². The van der Waals surface area contributed by atoms with Gasteiger partial charge < -0.3 is 10.4 Å². The number of hydrogen-bond donors (Lipinski definition) is 2. The van der Waals surface area contributed by atoms with Gasteiger partial charge in [0.25, 0.3) is 5.56 Å². The fourth-order valence-electron chi connectivity index (χ4n) is 2.43. The number of rotatable bonds is 3. The van der Waals surface area contributed by atoms with Crippen LogP contribution in [0.2, 0.25) is 5.02 Å². The van der Waals surface area contributed by atoms with Crippen LogP contribution in [0, 0.1) is 5.92 Å². The number of nitrogens with zero attached hydrogens (tertiary/aromatic N) is 2. The summed E-state index contributed by atoms with van der Waals surface area (Å²) in [6.45, 7) is 0.160. The lowest BCUT2D eigenvalue weighted by Gasteiger charge is -2.31. The Morgan fingerprint density at radius 1 is 1.56 bits per heavy atom. The van der Waals surface area contributed by atoms with E-state index in [0.29, 0.717) is 5.69 Å². The van der Waals surface area contributed by atoms with Crippen molar-refractivity contribution in [3.63, 3.8) is 0 Å². The maximum absolute atomic E-state index is 11.7. The Morgan fingerprint density at radius 2 is 2.28 bits per heavy atom. The SMILES string of the molecule is Cn1ncc(NC2CCCCC2CO)c(Cl)c1=O. The first-order valence-electron chi connectivity index (χ1n) is 6.22. The number of nitrogens with one attached hydrogen (secondary N) is 1. The molecular weight excluding hydrogens is 254 g/mol. The van der Waals surface area contributed by atoms with Gasteiger partial charge in [0.2, 0.25) is 0 Å². The second-order valence-electron chi connectivity index (χ2n) is 4.78. The molecule has 0 radical (unpaired) electrons. The summed E-state index contributed by atoms with van der Waals surface area (Å²) < 4.78 is 1.21. The van der Waals surface area contributed by atoms with Crippen LogP contribution in [0.25, 0.3) is 0 Å². The number of hydrogen-bond acceptors (Lipinski definition) is 4. The molecule has 6 heteroatoms. The number of anilines is 1. The molecular formula is C12H18ClN3O2. The highest BCUT2D eigenvalue weighted by molar-refractivity contribution is 6.32. The first kappa shape index (κ1) is 13.4. The van der Waals surface area contributed by atoms with Gasteiger partial charge >= 0.3 is 0 Å². The van der Waals surface area contributed by atoms with Gasteiger partial charge in [-0.1, -0.05) is 24.4 Å². The minimum absolute atomic E-state index is 0.160. The van der Waals surface area contributed by atoms with E-state index in [0.717, 1.165) is 25.7 Å². The van der Waals surface area contributed by atoms with Crippen LogP contribution in [0.1, 0.15) is 25.7 Å². The average Bonchev–Trinajstić information content (AvgIpc) is 2.40. The van der Waals surface area contributed by atoms with Gasteiger partial charge in [0.1, 0.15) is 5.02 Å². The predicted octanol–water partition coefficient (Wildman–Crippen LogP) is 1.40. The lowest BCUT2D eigenvalue weighted by molar-refractivity contribution is 0.178. The van der Waals surface area contributed by atoms with E-state index in [1.807, 2.05) is 0 Å². The predicted molar refractivity (Wildman–Crippen MR) is 70.9 cm³/mol. The highest BCUT2D eigenvalue weighted by Crippen LogP contribution is 2.28. The molecule has 1 aliphatic rings. The Hall–Kier alpha value is -1.07. The van der Waals surface area contributed by atoms with E-state index in [9.17, 15) is 9.90 Å². The molecule has 0 aromatic carbocycles. The van der Waals surface area contributed by atoms with E-state index in [2.05, 4.69) is 10.4 Å². The number of aliphatic hydroxyl groups excluding tert-OH is 1. The van der Waals surface area contributed by atoms with Crippen molar-refractivity contribution in [3.05, 3.63) is 21.6 Å². The fourth-order valence-corrected chi connectivity index (χ4v) is 2.65. The molecule has 0 aliphatic heterocycles. The summed E-state index contributed by atoms with van der Waals surface area (Å²) in [5.74, 6) is 0.221. The van der Waals surface area contributed by atoms with Crippen LogP contribution in [0.5, 0.6) is 0 Å². The zero-order chi connectivity index (χ0) is 13.1. The molecule has 5 nitrogen and oxygen atoms in total. The second-order valence-corrected chi connectivity index (χ2v) is 5.16. The van der Waals surface area contributed by atoms with Crippen LogP contribution in [-0.2, 0) is 7.05 Å². The number of aromatic nitrogens is 2. The maximum Gasteiger partial charge on any atom is 0.287 e. The molecule has 1 aromatic rings. The fraction of sp³-hybridized carbons (Fsp3) is 0.667. The van der Waals surface area contributed by atoms with Crippen molar-refractivity contribution in [3.8, 4) is 0 Å². The summed E-state index contributed by atoms with van der Waals surface area (Å²) in [7, 11) is 1.56. The molecule has 0 bridgehead atoms. The van der Waals surface area contributed by atoms with Crippen molar-refractivity contribution in [2.75, 3.05) is 11.9 Å². The van der Waals surface area contributed by atoms with Gasteiger partial charge in [-0.15, -0.1) is 0 Å². The Labute approximate surface area is 111 Å². The van der Waals surface area contributed by atoms with Crippen molar-refractivity contribution in [1.29, 1.82) is 0 Å². The summed E-state index contributed by atoms with van der Waals surface area (Å²) in [6, 6.07) is 0.162. The van der Waals surface area contributed by atoms with E-state index >= 15 is 0 Å². The van der Waals surface area contributed by atoms with E-state index in [4.69, 9.17) is 11.6 Å². The van der Waals surface area contributed by atoms with Crippen LogP contribution in [-0.4, -0.2) is 27.5 Å². The van der Waals surface area contributed by atoms with Crippen LogP contribution >= 0.6 is 11.6 Å². The third-order valence-corrected chi connectivity index (χ3v) is 3.93. The Kier molecular flexibility index (Phi) is 4.24. The second kappa shape index (κ2) is 5.71. The van der Waals surface area contributed by atoms with Gasteiger partial charge in [0.15, 0.2) is 0 Å². The van der Waals surface area contributed by atoms with Crippen LogP contribution < -0.4 is 10.9 Å². The molecule has 1 heterocycles. The minimum Gasteiger partial charge on any atom is -0.396 e. The first-order valence-corrected chi connectivity index (χ1v) is 6.60. The molecule has 1 saturated carbocycles. The first-order chi connectivity index (χ1) is 8.63. The van der Waals surface area contributed by atoms with Gasteiger partial charge in [-0.25, -0.2) is 4.68 Å². The van der Waals surface area contributed by atoms with Gasteiger partial charge in [0.05, 0.1) is 11.9 Å². The largest absolute Gasteiger partial charge is 0.396 e. The van der Waals surface area contributed by atoms with Crippen molar-refractivity contribution >= 4 is 17.3 Å². The smallest absolute Gasteiger partial charge is 0.287 e. The van der Waals surface area contributed by atoms with E-state index in [-0.39, 0.29) is 29.1 Å². The zero-order valence-corrected chi connectivity index (χ0v) is 11.2. The molecule has 2 rings (SSSR count). The maximum atomic E-state index is 11.7. The van der Waals surface area contributed by atoms with Crippen molar-refractivity contribution in [1.82, 2.24) is 9.78 Å². The molecule has 18 heavy (non-hydrogen) atoms. The monoisotopic (exact) mass is 271 g/mol.